The number of nitrogens with one attached hydrogen (secondary N) is 1. The minimum atomic E-state index is -3.12. The van der Waals surface area contributed by atoms with Crippen molar-refractivity contribution >= 4 is 9.84 Å². The van der Waals surface area contributed by atoms with Gasteiger partial charge in [-0.2, -0.15) is 0 Å². The molecular formula is C14H22N2O2S. The van der Waals surface area contributed by atoms with Gasteiger partial charge in [0.25, 0.3) is 0 Å². The van der Waals surface area contributed by atoms with Crippen molar-refractivity contribution in [1.29, 1.82) is 0 Å². The van der Waals surface area contributed by atoms with Gasteiger partial charge in [-0.05, 0) is 36.8 Å². The van der Waals surface area contributed by atoms with Gasteiger partial charge in [-0.15, -0.1) is 0 Å². The first kappa shape index (κ1) is 14.5. The fraction of sp³-hybridized carbons (Fsp3) is 0.571. The number of nitrogens with two attached hydrogens (primary N) is 1. The number of hydrogen-bond acceptors (Lipinski definition) is 4. The van der Waals surface area contributed by atoms with Crippen LogP contribution in [0.2, 0.25) is 0 Å². The minimum Gasteiger partial charge on any atom is -0.271 e. The quantitative estimate of drug-likeness (QED) is 0.639. The maximum absolute atomic E-state index is 11.6. The van der Waals surface area contributed by atoms with Crippen molar-refractivity contribution in [3.05, 3.63) is 35.4 Å². The van der Waals surface area contributed by atoms with E-state index in [1.165, 1.54) is 31.1 Å². The molecule has 4 nitrogen and oxygen atoms in total. The van der Waals surface area contributed by atoms with E-state index in [2.05, 4.69) is 17.6 Å². The smallest absolute Gasteiger partial charge is 0.151 e. The zero-order valence-corrected chi connectivity index (χ0v) is 12.3. The van der Waals surface area contributed by atoms with Gasteiger partial charge in [-0.25, -0.2) is 8.42 Å². The van der Waals surface area contributed by atoms with E-state index in [0.29, 0.717) is 5.92 Å². The average Bonchev–Trinajstić information content (AvgIpc) is 2.28. The molecule has 0 radical (unpaired) electrons. The van der Waals surface area contributed by atoms with E-state index in [-0.39, 0.29) is 6.04 Å². The van der Waals surface area contributed by atoms with Crippen molar-refractivity contribution < 1.29 is 8.42 Å². The van der Waals surface area contributed by atoms with Gasteiger partial charge in [0.1, 0.15) is 0 Å². The molecule has 2 atom stereocenters. The summed E-state index contributed by atoms with van der Waals surface area (Å²) in [5, 5.41) is -0.549. The van der Waals surface area contributed by atoms with Crippen molar-refractivity contribution in [2.45, 2.75) is 43.4 Å². The lowest BCUT2D eigenvalue weighted by Gasteiger charge is -2.27. The topological polar surface area (TPSA) is 72.2 Å². The van der Waals surface area contributed by atoms with Crippen LogP contribution in [0, 0.1) is 0 Å². The summed E-state index contributed by atoms with van der Waals surface area (Å²) in [5.41, 5.74) is 4.89. The summed E-state index contributed by atoms with van der Waals surface area (Å²) >= 11 is 0. The van der Waals surface area contributed by atoms with Crippen LogP contribution in [0.5, 0.6) is 0 Å². The summed E-state index contributed by atoms with van der Waals surface area (Å²) in [6.07, 6.45) is 5.07. The van der Waals surface area contributed by atoms with Gasteiger partial charge in [0.05, 0.1) is 11.3 Å². The zero-order valence-electron chi connectivity index (χ0n) is 11.5. The van der Waals surface area contributed by atoms with Gasteiger partial charge >= 0.3 is 0 Å². The van der Waals surface area contributed by atoms with Gasteiger partial charge in [0.15, 0.2) is 9.84 Å². The molecule has 1 saturated carbocycles. The lowest BCUT2D eigenvalue weighted by atomic mass is 9.80. The van der Waals surface area contributed by atoms with Gasteiger partial charge < -0.3 is 0 Å². The summed E-state index contributed by atoms with van der Waals surface area (Å²) in [4.78, 5) is 0. The molecule has 0 aliphatic heterocycles. The number of benzene rings is 1. The lowest BCUT2D eigenvalue weighted by molar-refractivity contribution is 0.419. The Labute approximate surface area is 115 Å². The van der Waals surface area contributed by atoms with Gasteiger partial charge in [-0.3, -0.25) is 11.3 Å². The summed E-state index contributed by atoms with van der Waals surface area (Å²) in [6, 6.07) is 7.79. The van der Waals surface area contributed by atoms with Crippen LogP contribution in [0.3, 0.4) is 0 Å². The molecule has 2 unspecified atom stereocenters. The van der Waals surface area contributed by atoms with E-state index in [9.17, 15) is 8.42 Å². The first-order valence-electron chi connectivity index (χ1n) is 6.68. The van der Waals surface area contributed by atoms with Crippen molar-refractivity contribution in [3.63, 3.8) is 0 Å². The van der Waals surface area contributed by atoms with E-state index < -0.39 is 15.1 Å². The molecule has 19 heavy (non-hydrogen) atoms. The molecule has 0 bridgehead atoms. The second-order valence-corrected chi connectivity index (χ2v) is 7.88. The van der Waals surface area contributed by atoms with Crippen LogP contribution in [0.4, 0.5) is 0 Å². The Morgan fingerprint density at radius 1 is 1.26 bits per heavy atom. The molecule has 0 saturated heterocycles. The molecule has 2 rings (SSSR count). The van der Waals surface area contributed by atoms with Crippen molar-refractivity contribution in [3.8, 4) is 0 Å². The predicted molar refractivity (Wildman–Crippen MR) is 77.4 cm³/mol. The molecule has 5 heteroatoms. The molecule has 1 aliphatic rings. The van der Waals surface area contributed by atoms with E-state index in [4.69, 9.17) is 5.84 Å². The Bertz CT molecular complexity index is 521. The van der Waals surface area contributed by atoms with E-state index >= 15 is 0 Å². The highest BCUT2D eigenvalue weighted by Crippen LogP contribution is 2.36. The number of sulfone groups is 1. The average molecular weight is 282 g/mol. The largest absolute Gasteiger partial charge is 0.271 e. The highest BCUT2D eigenvalue weighted by Gasteiger charge is 2.27. The summed E-state index contributed by atoms with van der Waals surface area (Å²) in [6.45, 7) is 1.68. The third-order valence-electron chi connectivity index (χ3n) is 4.20. The molecule has 0 amide bonds. The monoisotopic (exact) mass is 282 g/mol. The number of rotatable bonds is 5. The van der Waals surface area contributed by atoms with Gasteiger partial charge in [0, 0.05) is 6.26 Å². The second-order valence-electron chi connectivity index (χ2n) is 5.47. The first-order valence-corrected chi connectivity index (χ1v) is 8.64. The molecule has 0 spiro atoms. The molecule has 1 aromatic carbocycles. The van der Waals surface area contributed by atoms with Crippen LogP contribution in [-0.2, 0) is 9.84 Å². The fourth-order valence-corrected chi connectivity index (χ4v) is 3.20. The molecule has 0 aromatic heterocycles. The van der Waals surface area contributed by atoms with Crippen molar-refractivity contribution in [1.82, 2.24) is 5.43 Å². The molecule has 1 aliphatic carbocycles. The first-order chi connectivity index (χ1) is 8.93. The third-order valence-corrected chi connectivity index (χ3v) is 5.82. The van der Waals surface area contributed by atoms with Crippen LogP contribution < -0.4 is 11.3 Å². The summed E-state index contributed by atoms with van der Waals surface area (Å²) in [5.74, 6) is 6.21. The van der Waals surface area contributed by atoms with Crippen LogP contribution in [0.1, 0.15) is 49.3 Å². The van der Waals surface area contributed by atoms with Crippen LogP contribution in [-0.4, -0.2) is 19.9 Å². The molecule has 3 N–H and O–H groups in total. The predicted octanol–water partition coefficient (Wildman–Crippen LogP) is 1.89. The van der Waals surface area contributed by atoms with Gasteiger partial charge in [-0.1, -0.05) is 30.7 Å². The maximum atomic E-state index is 11.6. The van der Waals surface area contributed by atoms with Crippen LogP contribution >= 0.6 is 0 Å². The molecule has 1 fully saturated rings. The van der Waals surface area contributed by atoms with E-state index in [1.807, 2.05) is 12.1 Å². The van der Waals surface area contributed by atoms with Gasteiger partial charge in [0.2, 0.25) is 0 Å². The Balaban J connectivity index is 2.19. The van der Waals surface area contributed by atoms with Crippen LogP contribution in [0.25, 0.3) is 0 Å². The Hall–Kier alpha value is -0.910. The zero-order chi connectivity index (χ0) is 14.0. The fourth-order valence-electron chi connectivity index (χ4n) is 2.47. The normalized spacial score (nSPS) is 19.7. The minimum absolute atomic E-state index is 0.370. The second kappa shape index (κ2) is 5.61. The Kier molecular flexibility index (Phi) is 4.28. The number of hydrazine groups is 1. The molecular weight excluding hydrogens is 260 g/mol. The SMILES string of the molecule is CC(C(NN)c1ccc(C2CCC2)cc1)S(C)(=O)=O. The summed E-state index contributed by atoms with van der Waals surface area (Å²) in [7, 11) is -3.12. The van der Waals surface area contributed by atoms with Crippen LogP contribution in [0.15, 0.2) is 24.3 Å². The van der Waals surface area contributed by atoms with E-state index in [0.717, 1.165) is 5.56 Å². The molecule has 106 valence electrons. The molecule has 0 heterocycles. The highest BCUT2D eigenvalue weighted by molar-refractivity contribution is 7.91. The Morgan fingerprint density at radius 3 is 2.21 bits per heavy atom. The van der Waals surface area contributed by atoms with Crippen molar-refractivity contribution in [2.75, 3.05) is 6.26 Å². The van der Waals surface area contributed by atoms with Crippen molar-refractivity contribution in [2.24, 2.45) is 5.84 Å². The summed E-state index contributed by atoms with van der Waals surface area (Å²) < 4.78 is 23.3. The standard InChI is InChI=1S/C14H22N2O2S/c1-10(19(2,17)18)14(16-15)13-8-6-12(7-9-13)11-4-3-5-11/h6-11,14,16H,3-5,15H2,1-2H3. The lowest BCUT2D eigenvalue weighted by Crippen LogP contribution is -2.38. The molecule has 1 aromatic rings. The third kappa shape index (κ3) is 3.16. The number of hydrogen-bond donors (Lipinski definition) is 2. The maximum Gasteiger partial charge on any atom is 0.151 e. The highest BCUT2D eigenvalue weighted by atomic mass is 32.2. The Morgan fingerprint density at radius 2 is 1.84 bits per heavy atom. The van der Waals surface area contributed by atoms with E-state index in [1.54, 1.807) is 6.92 Å².